The first kappa shape index (κ1) is 15.5. The molecule has 0 spiro atoms. The molecule has 25 heavy (non-hydrogen) atoms. The molecule has 1 aromatic carbocycles. The van der Waals surface area contributed by atoms with Crippen LogP contribution in [0, 0.1) is 5.82 Å². The van der Waals surface area contributed by atoms with Gasteiger partial charge in [-0.1, -0.05) is 18.2 Å². The van der Waals surface area contributed by atoms with E-state index in [0.717, 1.165) is 36.1 Å². The summed E-state index contributed by atoms with van der Waals surface area (Å²) in [5, 5.41) is 7.30. The Hall–Kier alpha value is -3.02. The first-order valence-corrected chi connectivity index (χ1v) is 8.27. The lowest BCUT2D eigenvalue weighted by Gasteiger charge is -2.06. The summed E-state index contributed by atoms with van der Waals surface area (Å²) >= 11 is 0. The zero-order chi connectivity index (χ0) is 17.2. The number of fused-ring (bicyclic) bond motifs is 1. The number of aromatic nitrogens is 3. The average molecular weight is 336 g/mol. The van der Waals surface area contributed by atoms with Gasteiger partial charge in [-0.05, 0) is 43.0 Å². The number of para-hydroxylation sites is 1. The fraction of sp³-hybridized carbons (Fsp3) is 0.211. The fourth-order valence-corrected chi connectivity index (χ4v) is 3.21. The van der Waals surface area contributed by atoms with Gasteiger partial charge in [0.25, 0.3) is 5.91 Å². The summed E-state index contributed by atoms with van der Waals surface area (Å²) in [4.78, 5) is 16.6. The molecule has 1 amide bonds. The number of benzene rings is 1. The van der Waals surface area contributed by atoms with Crippen molar-refractivity contribution in [2.45, 2.75) is 25.8 Å². The van der Waals surface area contributed by atoms with Crippen LogP contribution >= 0.6 is 0 Å². The fourth-order valence-electron chi connectivity index (χ4n) is 3.21. The third-order valence-electron chi connectivity index (χ3n) is 4.40. The predicted octanol–water partition coefficient (Wildman–Crippen LogP) is 2.83. The van der Waals surface area contributed by atoms with E-state index in [2.05, 4.69) is 15.4 Å². The van der Waals surface area contributed by atoms with Gasteiger partial charge in [-0.2, -0.15) is 5.10 Å². The Morgan fingerprint density at radius 3 is 2.88 bits per heavy atom. The SMILES string of the molecule is O=C(NCc1cccnc1)c1nn(-c2ccccc2F)c2c1CCC2. The van der Waals surface area contributed by atoms with Crippen LogP contribution in [0.4, 0.5) is 4.39 Å². The number of rotatable bonds is 4. The number of halogens is 1. The van der Waals surface area contributed by atoms with Crippen LogP contribution in [0.3, 0.4) is 0 Å². The largest absolute Gasteiger partial charge is 0.346 e. The van der Waals surface area contributed by atoms with Crippen LogP contribution in [0.1, 0.15) is 33.7 Å². The average Bonchev–Trinajstić information content (AvgIpc) is 3.24. The summed E-state index contributed by atoms with van der Waals surface area (Å²) in [7, 11) is 0. The molecule has 0 unspecified atom stereocenters. The van der Waals surface area contributed by atoms with Crippen LogP contribution in [0.25, 0.3) is 5.69 Å². The molecular formula is C19H17FN4O. The molecule has 0 radical (unpaired) electrons. The molecule has 1 aliphatic carbocycles. The molecule has 2 heterocycles. The van der Waals surface area contributed by atoms with Crippen LogP contribution in [0.15, 0.2) is 48.8 Å². The highest BCUT2D eigenvalue weighted by atomic mass is 19.1. The van der Waals surface area contributed by atoms with E-state index in [0.29, 0.717) is 17.9 Å². The van der Waals surface area contributed by atoms with Crippen LogP contribution in [0.5, 0.6) is 0 Å². The van der Waals surface area contributed by atoms with Crippen LogP contribution in [-0.4, -0.2) is 20.7 Å². The lowest BCUT2D eigenvalue weighted by molar-refractivity contribution is 0.0944. The second-order valence-electron chi connectivity index (χ2n) is 6.03. The normalized spacial score (nSPS) is 12.8. The van der Waals surface area contributed by atoms with Crippen molar-refractivity contribution in [1.82, 2.24) is 20.1 Å². The Kier molecular flexibility index (Phi) is 4.01. The Morgan fingerprint density at radius 1 is 1.20 bits per heavy atom. The van der Waals surface area contributed by atoms with Crippen molar-refractivity contribution in [3.8, 4) is 5.69 Å². The van der Waals surface area contributed by atoms with Gasteiger partial charge in [-0.3, -0.25) is 9.78 Å². The van der Waals surface area contributed by atoms with Gasteiger partial charge in [0.1, 0.15) is 11.5 Å². The van der Waals surface area contributed by atoms with Gasteiger partial charge in [0.15, 0.2) is 5.69 Å². The van der Waals surface area contributed by atoms with Gasteiger partial charge in [0.2, 0.25) is 0 Å². The maximum atomic E-state index is 14.2. The summed E-state index contributed by atoms with van der Waals surface area (Å²) in [6.45, 7) is 0.383. The molecule has 0 saturated heterocycles. The third kappa shape index (κ3) is 2.91. The van der Waals surface area contributed by atoms with Gasteiger partial charge >= 0.3 is 0 Å². The van der Waals surface area contributed by atoms with Crippen molar-refractivity contribution in [1.29, 1.82) is 0 Å². The second kappa shape index (κ2) is 6.47. The number of hydrogen-bond donors (Lipinski definition) is 1. The van der Waals surface area contributed by atoms with Gasteiger partial charge < -0.3 is 5.32 Å². The molecule has 0 saturated carbocycles. The minimum atomic E-state index is -0.345. The Balaban J connectivity index is 1.63. The molecular weight excluding hydrogens is 319 g/mol. The zero-order valence-corrected chi connectivity index (χ0v) is 13.6. The number of carbonyl (C=O) groups excluding carboxylic acids is 1. The van der Waals surface area contributed by atoms with Crippen molar-refractivity contribution < 1.29 is 9.18 Å². The van der Waals surface area contributed by atoms with E-state index < -0.39 is 0 Å². The zero-order valence-electron chi connectivity index (χ0n) is 13.6. The molecule has 1 aliphatic rings. The predicted molar refractivity (Wildman–Crippen MR) is 91.0 cm³/mol. The minimum absolute atomic E-state index is 0.239. The van der Waals surface area contributed by atoms with Crippen molar-refractivity contribution in [3.05, 3.63) is 77.1 Å². The highest BCUT2D eigenvalue weighted by Gasteiger charge is 2.27. The molecule has 0 bridgehead atoms. The molecule has 2 aromatic heterocycles. The molecule has 126 valence electrons. The number of nitrogens with zero attached hydrogens (tertiary/aromatic N) is 3. The molecule has 0 aliphatic heterocycles. The lowest BCUT2D eigenvalue weighted by Crippen LogP contribution is -2.24. The Bertz CT molecular complexity index is 920. The number of hydrogen-bond acceptors (Lipinski definition) is 3. The van der Waals surface area contributed by atoms with Crippen molar-refractivity contribution in [2.75, 3.05) is 0 Å². The van der Waals surface area contributed by atoms with E-state index in [-0.39, 0.29) is 11.7 Å². The van der Waals surface area contributed by atoms with Gasteiger partial charge in [-0.15, -0.1) is 0 Å². The standard InChI is InChI=1S/C19H17FN4O/c20-15-7-1-2-8-17(15)24-16-9-3-6-14(16)18(23-24)19(25)22-12-13-5-4-10-21-11-13/h1-2,4-5,7-8,10-11H,3,6,9,12H2,(H,22,25). The number of pyridine rings is 1. The smallest absolute Gasteiger partial charge is 0.272 e. The van der Waals surface area contributed by atoms with E-state index in [4.69, 9.17) is 0 Å². The maximum Gasteiger partial charge on any atom is 0.272 e. The van der Waals surface area contributed by atoms with Crippen molar-refractivity contribution in [3.63, 3.8) is 0 Å². The minimum Gasteiger partial charge on any atom is -0.346 e. The molecule has 1 N–H and O–H groups in total. The molecule has 0 atom stereocenters. The molecule has 3 aromatic rings. The molecule has 6 heteroatoms. The summed E-state index contributed by atoms with van der Waals surface area (Å²) in [6.07, 6.45) is 5.94. The summed E-state index contributed by atoms with van der Waals surface area (Å²) in [6, 6.07) is 10.2. The van der Waals surface area contributed by atoms with E-state index in [1.165, 1.54) is 6.07 Å². The number of amides is 1. The first-order chi connectivity index (χ1) is 12.2. The molecule has 0 fully saturated rings. The third-order valence-corrected chi connectivity index (χ3v) is 4.40. The topological polar surface area (TPSA) is 59.8 Å². The molecule has 5 nitrogen and oxygen atoms in total. The second-order valence-corrected chi connectivity index (χ2v) is 6.03. The Labute approximate surface area is 144 Å². The maximum absolute atomic E-state index is 14.2. The quantitative estimate of drug-likeness (QED) is 0.797. The lowest BCUT2D eigenvalue weighted by atomic mass is 10.2. The van der Waals surface area contributed by atoms with Crippen molar-refractivity contribution >= 4 is 5.91 Å². The highest BCUT2D eigenvalue weighted by molar-refractivity contribution is 5.94. The van der Waals surface area contributed by atoms with E-state index >= 15 is 0 Å². The monoisotopic (exact) mass is 336 g/mol. The summed E-state index contributed by atoms with van der Waals surface area (Å²) < 4.78 is 15.7. The molecule has 4 rings (SSSR count). The van der Waals surface area contributed by atoms with Crippen LogP contribution in [-0.2, 0) is 19.4 Å². The van der Waals surface area contributed by atoms with E-state index in [9.17, 15) is 9.18 Å². The summed E-state index contributed by atoms with van der Waals surface area (Å²) in [5.41, 5.74) is 3.54. The van der Waals surface area contributed by atoms with Crippen LogP contribution < -0.4 is 5.32 Å². The van der Waals surface area contributed by atoms with Gasteiger partial charge in [0.05, 0.1) is 0 Å². The van der Waals surface area contributed by atoms with Crippen LogP contribution in [0.2, 0.25) is 0 Å². The van der Waals surface area contributed by atoms with Gasteiger partial charge in [-0.25, -0.2) is 9.07 Å². The Morgan fingerprint density at radius 2 is 2.08 bits per heavy atom. The van der Waals surface area contributed by atoms with Crippen molar-refractivity contribution in [2.24, 2.45) is 0 Å². The number of nitrogens with one attached hydrogen (secondary N) is 1. The highest BCUT2D eigenvalue weighted by Crippen LogP contribution is 2.28. The first-order valence-electron chi connectivity index (χ1n) is 8.27. The number of carbonyl (C=O) groups is 1. The summed E-state index contributed by atoms with van der Waals surface area (Å²) in [5.74, 6) is -0.584. The van der Waals surface area contributed by atoms with E-state index in [1.54, 1.807) is 35.3 Å². The van der Waals surface area contributed by atoms with Gasteiger partial charge in [0, 0.05) is 30.2 Å². The van der Waals surface area contributed by atoms with E-state index in [1.807, 2.05) is 12.1 Å².